The molecule has 0 aliphatic heterocycles. The Bertz CT molecular complexity index is 743. The summed E-state index contributed by atoms with van der Waals surface area (Å²) in [4.78, 5) is 19.5. The number of carbonyl (C=O) groups is 1. The number of carbonyl (C=O) groups excluding carboxylic acids is 1. The van der Waals surface area contributed by atoms with Gasteiger partial charge in [-0.25, -0.2) is 4.98 Å². The van der Waals surface area contributed by atoms with Crippen LogP contribution in [0.1, 0.15) is 21.6 Å². The lowest BCUT2D eigenvalue weighted by Crippen LogP contribution is -2.11. The van der Waals surface area contributed by atoms with Gasteiger partial charge in [0.15, 0.2) is 5.13 Å². The third-order valence-corrected chi connectivity index (χ3v) is 3.91. The van der Waals surface area contributed by atoms with Gasteiger partial charge in [0.2, 0.25) is 0 Å². The number of anilines is 1. The summed E-state index contributed by atoms with van der Waals surface area (Å²) in [5, 5.41) is 6.32. The summed E-state index contributed by atoms with van der Waals surface area (Å²) < 4.78 is 0. The predicted octanol–water partition coefficient (Wildman–Crippen LogP) is 3.49. The Morgan fingerprint density at radius 3 is 2.95 bits per heavy atom. The van der Waals surface area contributed by atoms with E-state index in [4.69, 9.17) is 0 Å². The first-order chi connectivity index (χ1) is 9.15. The van der Waals surface area contributed by atoms with Crippen LogP contribution in [0.5, 0.6) is 0 Å². The molecule has 0 unspecified atom stereocenters. The van der Waals surface area contributed by atoms with Gasteiger partial charge in [-0.1, -0.05) is 0 Å². The maximum absolute atomic E-state index is 12.1. The van der Waals surface area contributed by atoms with Gasteiger partial charge in [-0.3, -0.25) is 10.1 Å². The van der Waals surface area contributed by atoms with Crippen molar-refractivity contribution in [1.82, 2.24) is 9.97 Å². The molecule has 0 saturated carbocycles. The van der Waals surface area contributed by atoms with E-state index in [0.29, 0.717) is 10.7 Å². The van der Waals surface area contributed by atoms with Crippen LogP contribution < -0.4 is 5.32 Å². The zero-order valence-corrected chi connectivity index (χ0v) is 11.5. The summed E-state index contributed by atoms with van der Waals surface area (Å²) in [5.41, 5.74) is 4.01. The normalized spacial score (nSPS) is 10.8. The topological polar surface area (TPSA) is 57.8 Å². The van der Waals surface area contributed by atoms with Crippen molar-refractivity contribution in [3.8, 4) is 0 Å². The lowest BCUT2D eigenvalue weighted by molar-refractivity contribution is 0.102. The van der Waals surface area contributed by atoms with Gasteiger partial charge < -0.3 is 4.98 Å². The molecule has 4 nitrogen and oxygen atoms in total. The van der Waals surface area contributed by atoms with E-state index in [1.54, 1.807) is 6.20 Å². The van der Waals surface area contributed by atoms with E-state index in [1.165, 1.54) is 16.9 Å². The second-order valence-corrected chi connectivity index (χ2v) is 5.32. The van der Waals surface area contributed by atoms with Crippen molar-refractivity contribution in [2.75, 3.05) is 5.32 Å². The van der Waals surface area contributed by atoms with Crippen molar-refractivity contribution < 1.29 is 4.79 Å². The zero-order chi connectivity index (χ0) is 13.4. The molecule has 0 bridgehead atoms. The van der Waals surface area contributed by atoms with Crippen LogP contribution in [0.3, 0.4) is 0 Å². The molecular weight excluding hydrogens is 258 g/mol. The number of hydrogen-bond acceptors (Lipinski definition) is 3. The highest BCUT2D eigenvalue weighted by molar-refractivity contribution is 7.13. The van der Waals surface area contributed by atoms with E-state index < -0.39 is 0 Å². The molecule has 0 spiro atoms. The van der Waals surface area contributed by atoms with Crippen LogP contribution in [0.15, 0.2) is 29.8 Å². The van der Waals surface area contributed by atoms with Gasteiger partial charge in [0.05, 0.1) is 0 Å². The van der Waals surface area contributed by atoms with Crippen molar-refractivity contribution in [3.63, 3.8) is 0 Å². The molecule has 19 heavy (non-hydrogen) atoms. The summed E-state index contributed by atoms with van der Waals surface area (Å²) >= 11 is 1.41. The maximum atomic E-state index is 12.1. The fourth-order valence-corrected chi connectivity index (χ4v) is 2.58. The summed E-state index contributed by atoms with van der Waals surface area (Å²) in [6.07, 6.45) is 1.67. The highest BCUT2D eigenvalue weighted by Gasteiger charge is 2.10. The van der Waals surface area contributed by atoms with Crippen molar-refractivity contribution in [1.29, 1.82) is 0 Å². The summed E-state index contributed by atoms with van der Waals surface area (Å²) in [5.74, 6) is -0.130. The third kappa shape index (κ3) is 2.13. The van der Waals surface area contributed by atoms with Crippen LogP contribution in [0.2, 0.25) is 0 Å². The highest BCUT2D eigenvalue weighted by Crippen LogP contribution is 2.23. The molecule has 5 heteroatoms. The number of aromatic nitrogens is 2. The number of H-pyrrole nitrogens is 1. The lowest BCUT2D eigenvalue weighted by Gasteiger charge is -2.02. The molecule has 0 aliphatic carbocycles. The van der Waals surface area contributed by atoms with Gasteiger partial charge in [-0.15, -0.1) is 11.3 Å². The van der Waals surface area contributed by atoms with Gasteiger partial charge in [0.1, 0.15) is 0 Å². The largest absolute Gasteiger partial charge is 0.358 e. The Morgan fingerprint density at radius 1 is 1.37 bits per heavy atom. The van der Waals surface area contributed by atoms with E-state index in [9.17, 15) is 4.79 Å². The fourth-order valence-electron chi connectivity index (χ4n) is 2.06. The molecule has 2 aromatic heterocycles. The first-order valence-electron chi connectivity index (χ1n) is 5.95. The number of nitrogens with zero attached hydrogens (tertiary/aromatic N) is 1. The molecule has 0 aliphatic rings. The van der Waals surface area contributed by atoms with Crippen molar-refractivity contribution in [2.24, 2.45) is 0 Å². The molecule has 0 atom stereocenters. The Balaban J connectivity index is 1.96. The number of fused-ring (bicyclic) bond motifs is 1. The van der Waals surface area contributed by atoms with Crippen molar-refractivity contribution >= 4 is 33.3 Å². The van der Waals surface area contributed by atoms with Crippen LogP contribution in [0.25, 0.3) is 10.9 Å². The smallest absolute Gasteiger partial charge is 0.257 e. The van der Waals surface area contributed by atoms with E-state index in [-0.39, 0.29) is 5.91 Å². The molecule has 3 aromatic rings. The molecule has 1 amide bonds. The van der Waals surface area contributed by atoms with Gasteiger partial charge in [0.25, 0.3) is 5.91 Å². The van der Waals surface area contributed by atoms with E-state index >= 15 is 0 Å². The molecule has 2 heterocycles. The standard InChI is InChI=1S/C14H13N3OS/c1-8-9(2)16-12-4-3-10(7-11(8)12)13(18)17-14-15-5-6-19-14/h3-7,16H,1-2H3,(H,15,17,18). The van der Waals surface area contributed by atoms with Gasteiger partial charge >= 0.3 is 0 Å². The summed E-state index contributed by atoms with van der Waals surface area (Å²) in [7, 11) is 0. The molecule has 2 N–H and O–H groups in total. The number of aromatic amines is 1. The maximum Gasteiger partial charge on any atom is 0.257 e. The number of nitrogens with one attached hydrogen (secondary N) is 2. The molecule has 0 saturated heterocycles. The Morgan fingerprint density at radius 2 is 2.21 bits per heavy atom. The molecular formula is C14H13N3OS. The summed E-state index contributed by atoms with van der Waals surface area (Å²) in [6, 6.07) is 5.67. The number of benzene rings is 1. The van der Waals surface area contributed by atoms with Gasteiger partial charge in [-0.05, 0) is 37.6 Å². The molecule has 0 fully saturated rings. The summed E-state index contributed by atoms with van der Waals surface area (Å²) in [6.45, 7) is 4.08. The predicted molar refractivity (Wildman–Crippen MR) is 77.8 cm³/mol. The van der Waals surface area contributed by atoms with Crippen LogP contribution in [0, 0.1) is 13.8 Å². The van der Waals surface area contributed by atoms with Crippen LogP contribution in [-0.2, 0) is 0 Å². The average molecular weight is 271 g/mol. The monoisotopic (exact) mass is 271 g/mol. The molecule has 3 rings (SSSR count). The first-order valence-corrected chi connectivity index (χ1v) is 6.83. The highest BCUT2D eigenvalue weighted by atomic mass is 32.1. The molecule has 1 aromatic carbocycles. The molecule has 96 valence electrons. The van der Waals surface area contributed by atoms with E-state index in [2.05, 4.69) is 22.2 Å². The first kappa shape index (κ1) is 11.9. The third-order valence-electron chi connectivity index (χ3n) is 3.22. The quantitative estimate of drug-likeness (QED) is 0.749. The van der Waals surface area contributed by atoms with Crippen LogP contribution in [-0.4, -0.2) is 15.9 Å². The number of rotatable bonds is 2. The number of amides is 1. The van der Waals surface area contributed by atoms with E-state index in [1.807, 2.05) is 30.5 Å². The Hall–Kier alpha value is -2.14. The number of hydrogen-bond donors (Lipinski definition) is 2. The van der Waals surface area contributed by atoms with Crippen LogP contribution >= 0.6 is 11.3 Å². The average Bonchev–Trinajstić information content (AvgIpc) is 2.99. The Labute approximate surface area is 114 Å². The van der Waals surface area contributed by atoms with Gasteiger partial charge in [-0.2, -0.15) is 0 Å². The Kier molecular flexibility index (Phi) is 2.83. The second kappa shape index (κ2) is 4.51. The number of aryl methyl sites for hydroxylation is 2. The van der Waals surface area contributed by atoms with E-state index in [0.717, 1.165) is 16.6 Å². The SMILES string of the molecule is Cc1[nH]c2ccc(C(=O)Nc3nccs3)cc2c1C. The minimum absolute atomic E-state index is 0.130. The van der Waals surface area contributed by atoms with Gasteiger partial charge in [0, 0.05) is 33.7 Å². The minimum atomic E-state index is -0.130. The second-order valence-electron chi connectivity index (χ2n) is 4.43. The lowest BCUT2D eigenvalue weighted by atomic mass is 10.1. The number of thiazole rings is 1. The van der Waals surface area contributed by atoms with Crippen LogP contribution in [0.4, 0.5) is 5.13 Å². The van der Waals surface area contributed by atoms with Crippen molar-refractivity contribution in [2.45, 2.75) is 13.8 Å². The molecule has 0 radical (unpaired) electrons. The fraction of sp³-hybridized carbons (Fsp3) is 0.143. The minimum Gasteiger partial charge on any atom is -0.358 e. The zero-order valence-electron chi connectivity index (χ0n) is 10.7. The van der Waals surface area contributed by atoms with Crippen molar-refractivity contribution in [3.05, 3.63) is 46.6 Å².